The number of benzene rings is 2. The van der Waals surface area contributed by atoms with Gasteiger partial charge in [-0.3, -0.25) is 4.79 Å². The number of carbonyl (C=O) groups is 2. The lowest BCUT2D eigenvalue weighted by Crippen LogP contribution is -2.49. The minimum Gasteiger partial charge on any atom is -0.444 e. The van der Waals surface area contributed by atoms with Gasteiger partial charge in [-0.15, -0.1) is 0 Å². The Hall–Kier alpha value is -2.36. The molecule has 2 aromatic rings. The van der Waals surface area contributed by atoms with Crippen LogP contribution in [0.2, 0.25) is 0 Å². The molecule has 2 heterocycles. The first-order valence-electron chi connectivity index (χ1n) is 10.3. The Kier molecular flexibility index (Phi) is 4.68. The first-order valence-corrected chi connectivity index (χ1v) is 10.3. The average Bonchev–Trinajstić information content (AvgIpc) is 2.90. The largest absolute Gasteiger partial charge is 0.444 e. The minimum atomic E-state index is -0.496. The zero-order valence-electron chi connectivity index (χ0n) is 17.2. The summed E-state index contributed by atoms with van der Waals surface area (Å²) < 4.78 is 5.61. The van der Waals surface area contributed by atoms with E-state index >= 15 is 0 Å². The van der Waals surface area contributed by atoms with E-state index in [9.17, 15) is 9.59 Å². The van der Waals surface area contributed by atoms with Crippen LogP contribution in [0, 0.1) is 12.8 Å². The first kappa shape index (κ1) is 19.0. The highest BCUT2D eigenvalue weighted by Crippen LogP contribution is 2.41. The number of aryl methyl sites for hydroxylation is 1. The van der Waals surface area contributed by atoms with Crippen molar-refractivity contribution in [2.75, 3.05) is 0 Å². The Bertz CT molecular complexity index is 913. The third kappa shape index (κ3) is 3.41. The maximum Gasteiger partial charge on any atom is 0.410 e. The monoisotopic (exact) mass is 379 g/mol. The highest BCUT2D eigenvalue weighted by Gasteiger charge is 2.46. The molecule has 0 aliphatic carbocycles. The predicted octanol–water partition coefficient (Wildman–Crippen LogP) is 5.51. The fourth-order valence-electron chi connectivity index (χ4n) is 4.89. The van der Waals surface area contributed by atoms with Crippen LogP contribution in [0.1, 0.15) is 62.4 Å². The van der Waals surface area contributed by atoms with Crippen LogP contribution in [0.3, 0.4) is 0 Å². The quantitative estimate of drug-likeness (QED) is 0.647. The Morgan fingerprint density at radius 1 is 0.964 bits per heavy atom. The van der Waals surface area contributed by atoms with Crippen LogP contribution in [0.5, 0.6) is 0 Å². The molecule has 0 saturated carbocycles. The molecule has 2 aromatic carbocycles. The lowest BCUT2D eigenvalue weighted by molar-refractivity contribution is 0.00255. The number of hydrogen-bond acceptors (Lipinski definition) is 3. The van der Waals surface area contributed by atoms with E-state index in [1.54, 1.807) is 0 Å². The van der Waals surface area contributed by atoms with E-state index in [0.29, 0.717) is 0 Å². The fraction of sp³-hybridized carbons (Fsp3) is 0.500. The highest BCUT2D eigenvalue weighted by molar-refractivity contribution is 6.09. The molecule has 4 nitrogen and oxygen atoms in total. The van der Waals surface area contributed by atoms with E-state index in [1.807, 2.05) is 56.0 Å². The van der Waals surface area contributed by atoms with Crippen molar-refractivity contribution in [2.24, 2.45) is 5.92 Å². The summed E-state index contributed by atoms with van der Waals surface area (Å²) in [6, 6.07) is 12.4. The van der Waals surface area contributed by atoms with Crippen molar-refractivity contribution in [2.45, 2.75) is 71.1 Å². The van der Waals surface area contributed by atoms with E-state index in [4.69, 9.17) is 4.74 Å². The molecule has 2 bridgehead atoms. The van der Waals surface area contributed by atoms with Crippen LogP contribution < -0.4 is 0 Å². The lowest BCUT2D eigenvalue weighted by atomic mass is 9.83. The third-order valence-electron chi connectivity index (χ3n) is 6.12. The van der Waals surface area contributed by atoms with Gasteiger partial charge in [0.25, 0.3) is 0 Å². The van der Waals surface area contributed by atoms with E-state index in [1.165, 1.54) is 5.56 Å². The van der Waals surface area contributed by atoms with Gasteiger partial charge in [-0.05, 0) is 69.7 Å². The van der Waals surface area contributed by atoms with Crippen molar-refractivity contribution < 1.29 is 14.3 Å². The second kappa shape index (κ2) is 6.91. The number of fused-ring (bicyclic) bond motifs is 3. The summed E-state index contributed by atoms with van der Waals surface area (Å²) in [4.78, 5) is 28.0. The standard InChI is InChI=1S/C24H29NO3/c1-15-9-12-21(20-8-6-5-7-19(15)20)22(26)16-13-17-10-11-18(14-16)25(17)23(27)28-24(2,3)4/h5-9,12,16-18H,10-11,13-14H2,1-4H3. The van der Waals surface area contributed by atoms with Gasteiger partial charge >= 0.3 is 6.09 Å². The van der Waals surface area contributed by atoms with Crippen LogP contribution in [-0.2, 0) is 4.74 Å². The Morgan fingerprint density at radius 2 is 1.57 bits per heavy atom. The van der Waals surface area contributed by atoms with Crippen molar-refractivity contribution >= 4 is 22.6 Å². The predicted molar refractivity (Wildman–Crippen MR) is 111 cm³/mol. The van der Waals surface area contributed by atoms with Gasteiger partial charge < -0.3 is 9.64 Å². The Labute approximate surface area is 166 Å². The summed E-state index contributed by atoms with van der Waals surface area (Å²) in [5.74, 6) is 0.194. The lowest BCUT2D eigenvalue weighted by Gasteiger charge is -2.39. The molecule has 0 aromatic heterocycles. The summed E-state index contributed by atoms with van der Waals surface area (Å²) >= 11 is 0. The van der Waals surface area contributed by atoms with Gasteiger partial charge in [0.15, 0.2) is 5.78 Å². The molecule has 2 aliphatic heterocycles. The molecular weight excluding hydrogens is 350 g/mol. The molecule has 28 heavy (non-hydrogen) atoms. The summed E-state index contributed by atoms with van der Waals surface area (Å²) in [5, 5.41) is 2.18. The summed E-state index contributed by atoms with van der Waals surface area (Å²) in [7, 11) is 0. The van der Waals surface area contributed by atoms with E-state index < -0.39 is 5.60 Å². The zero-order valence-corrected chi connectivity index (χ0v) is 17.2. The van der Waals surface area contributed by atoms with Crippen molar-refractivity contribution in [1.29, 1.82) is 0 Å². The van der Waals surface area contributed by atoms with Crippen LogP contribution in [0.25, 0.3) is 10.8 Å². The molecule has 1 amide bonds. The van der Waals surface area contributed by atoms with Crippen LogP contribution in [0.4, 0.5) is 4.79 Å². The number of Topliss-reactive ketones (excluding diaryl/α,β-unsaturated/α-hetero) is 1. The molecule has 4 heteroatoms. The van der Waals surface area contributed by atoms with Gasteiger partial charge in [0.05, 0.1) is 0 Å². The van der Waals surface area contributed by atoms with E-state index in [0.717, 1.165) is 42.0 Å². The first-order chi connectivity index (χ1) is 13.2. The van der Waals surface area contributed by atoms with Gasteiger partial charge in [0, 0.05) is 23.6 Å². The maximum absolute atomic E-state index is 13.4. The van der Waals surface area contributed by atoms with Gasteiger partial charge in [-0.1, -0.05) is 36.4 Å². The highest BCUT2D eigenvalue weighted by atomic mass is 16.6. The number of piperidine rings is 1. The van der Waals surface area contributed by atoms with E-state index in [-0.39, 0.29) is 29.9 Å². The van der Waals surface area contributed by atoms with Crippen molar-refractivity contribution in [1.82, 2.24) is 4.90 Å². The topological polar surface area (TPSA) is 46.6 Å². The molecule has 148 valence electrons. The summed E-state index contributed by atoms with van der Waals surface area (Å²) in [6.07, 6.45) is 3.16. The zero-order chi connectivity index (χ0) is 20.1. The van der Waals surface area contributed by atoms with Gasteiger partial charge in [0.2, 0.25) is 0 Å². The number of hydrogen-bond donors (Lipinski definition) is 0. The molecule has 2 fully saturated rings. The van der Waals surface area contributed by atoms with Crippen molar-refractivity contribution in [3.8, 4) is 0 Å². The van der Waals surface area contributed by atoms with Crippen LogP contribution in [-0.4, -0.2) is 34.5 Å². The smallest absolute Gasteiger partial charge is 0.410 e. The number of amides is 1. The summed E-state index contributed by atoms with van der Waals surface area (Å²) in [6.45, 7) is 7.76. The number of ether oxygens (including phenoxy) is 1. The maximum atomic E-state index is 13.4. The molecule has 0 spiro atoms. The molecule has 4 rings (SSSR count). The second-order valence-corrected chi connectivity index (χ2v) is 9.28. The molecule has 2 aliphatic rings. The van der Waals surface area contributed by atoms with Crippen LogP contribution >= 0.6 is 0 Å². The van der Waals surface area contributed by atoms with Crippen molar-refractivity contribution in [3.63, 3.8) is 0 Å². The summed E-state index contributed by atoms with van der Waals surface area (Å²) in [5.41, 5.74) is 1.51. The van der Waals surface area contributed by atoms with Gasteiger partial charge in [0.1, 0.15) is 5.60 Å². The average molecular weight is 380 g/mol. The van der Waals surface area contributed by atoms with Gasteiger partial charge in [-0.25, -0.2) is 4.79 Å². The number of ketones is 1. The van der Waals surface area contributed by atoms with Crippen LogP contribution in [0.15, 0.2) is 36.4 Å². The third-order valence-corrected chi connectivity index (χ3v) is 6.12. The molecule has 2 atom stereocenters. The Balaban J connectivity index is 1.56. The second-order valence-electron chi connectivity index (χ2n) is 9.28. The molecule has 2 saturated heterocycles. The number of nitrogens with zero attached hydrogens (tertiary/aromatic N) is 1. The molecule has 0 N–H and O–H groups in total. The van der Waals surface area contributed by atoms with Crippen molar-refractivity contribution in [3.05, 3.63) is 47.5 Å². The minimum absolute atomic E-state index is 0.0256. The number of rotatable bonds is 2. The number of carbonyl (C=O) groups excluding carboxylic acids is 2. The molecule has 0 radical (unpaired) electrons. The van der Waals surface area contributed by atoms with Gasteiger partial charge in [-0.2, -0.15) is 0 Å². The normalized spacial score (nSPS) is 24.4. The Morgan fingerprint density at radius 3 is 2.18 bits per heavy atom. The molecule has 2 unspecified atom stereocenters. The fourth-order valence-corrected chi connectivity index (χ4v) is 4.89. The SMILES string of the molecule is Cc1ccc(C(=O)C2CC3CCC(C2)N3C(=O)OC(C)(C)C)c2ccccc12. The molecular formula is C24H29NO3. The van der Waals surface area contributed by atoms with E-state index in [2.05, 4.69) is 13.0 Å².